The number of aromatic amines is 1. The Balaban J connectivity index is 2.66. The van der Waals surface area contributed by atoms with E-state index < -0.39 is 0 Å². The van der Waals surface area contributed by atoms with E-state index >= 15 is 0 Å². The summed E-state index contributed by atoms with van der Waals surface area (Å²) in [6.45, 7) is 1.94. The van der Waals surface area contributed by atoms with Gasteiger partial charge in [-0.15, -0.1) is 0 Å². The second-order valence-corrected chi connectivity index (χ2v) is 3.33. The maximum atomic E-state index is 5.43. The molecule has 0 radical (unpaired) electrons. The van der Waals surface area contributed by atoms with Gasteiger partial charge in [0.15, 0.2) is 0 Å². The van der Waals surface area contributed by atoms with Gasteiger partial charge < -0.3 is 4.98 Å². The zero-order valence-corrected chi connectivity index (χ0v) is 7.48. The number of benzene rings is 1. The van der Waals surface area contributed by atoms with Gasteiger partial charge in [0, 0.05) is 4.90 Å². The van der Waals surface area contributed by atoms with Crippen molar-refractivity contribution in [3.05, 3.63) is 24.0 Å². The van der Waals surface area contributed by atoms with Crippen molar-refractivity contribution in [2.24, 2.45) is 5.14 Å². The van der Waals surface area contributed by atoms with E-state index in [1.807, 2.05) is 25.1 Å². The van der Waals surface area contributed by atoms with E-state index in [0.717, 1.165) is 21.8 Å². The van der Waals surface area contributed by atoms with E-state index in [2.05, 4.69) is 9.97 Å². The van der Waals surface area contributed by atoms with Crippen LogP contribution < -0.4 is 5.14 Å². The number of imidazole rings is 1. The van der Waals surface area contributed by atoms with Gasteiger partial charge in [0.05, 0.1) is 11.0 Å². The fraction of sp³-hybridized carbons (Fsp3) is 0.125. The second-order valence-electron chi connectivity index (χ2n) is 2.62. The molecule has 0 saturated heterocycles. The van der Waals surface area contributed by atoms with E-state index in [1.165, 1.54) is 11.9 Å². The van der Waals surface area contributed by atoms with E-state index in [1.54, 1.807) is 0 Å². The van der Waals surface area contributed by atoms with Crippen LogP contribution in [-0.4, -0.2) is 9.97 Å². The Bertz CT molecular complexity index is 408. The number of rotatable bonds is 1. The van der Waals surface area contributed by atoms with E-state index in [4.69, 9.17) is 5.14 Å². The lowest BCUT2D eigenvalue weighted by atomic mass is 10.3. The molecule has 4 heteroatoms. The van der Waals surface area contributed by atoms with Crippen molar-refractivity contribution in [1.29, 1.82) is 0 Å². The van der Waals surface area contributed by atoms with Gasteiger partial charge in [0.25, 0.3) is 0 Å². The summed E-state index contributed by atoms with van der Waals surface area (Å²) < 4.78 is 0. The van der Waals surface area contributed by atoms with Crippen LogP contribution in [0.1, 0.15) is 5.82 Å². The third-order valence-corrected chi connectivity index (χ3v) is 2.23. The first-order valence-corrected chi connectivity index (χ1v) is 4.50. The van der Waals surface area contributed by atoms with Crippen LogP contribution in [0.5, 0.6) is 0 Å². The fourth-order valence-corrected chi connectivity index (χ4v) is 1.52. The minimum Gasteiger partial charge on any atom is -0.342 e. The van der Waals surface area contributed by atoms with Gasteiger partial charge in [-0.1, -0.05) is 0 Å². The number of fused-ring (bicyclic) bond motifs is 1. The van der Waals surface area contributed by atoms with Crippen molar-refractivity contribution < 1.29 is 0 Å². The van der Waals surface area contributed by atoms with Gasteiger partial charge in [-0.3, -0.25) is 5.14 Å². The molecule has 1 aromatic carbocycles. The van der Waals surface area contributed by atoms with Gasteiger partial charge in [-0.2, -0.15) is 0 Å². The van der Waals surface area contributed by atoms with Gasteiger partial charge in [0.2, 0.25) is 0 Å². The Kier molecular flexibility index (Phi) is 1.78. The smallest absolute Gasteiger partial charge is 0.104 e. The largest absolute Gasteiger partial charge is 0.342 e. The van der Waals surface area contributed by atoms with E-state index in [0.29, 0.717) is 0 Å². The number of nitrogens with one attached hydrogen (secondary N) is 1. The Hall–Kier alpha value is -1.00. The molecule has 0 saturated carbocycles. The van der Waals surface area contributed by atoms with Crippen LogP contribution in [0.15, 0.2) is 23.1 Å². The predicted molar refractivity (Wildman–Crippen MR) is 50.9 cm³/mol. The lowest BCUT2D eigenvalue weighted by Gasteiger charge is -1.93. The van der Waals surface area contributed by atoms with Crippen LogP contribution in [0.2, 0.25) is 0 Å². The second kappa shape index (κ2) is 2.80. The number of hydrogen-bond donors (Lipinski definition) is 2. The van der Waals surface area contributed by atoms with E-state index in [-0.39, 0.29) is 0 Å². The molecule has 0 aliphatic carbocycles. The number of nitrogens with zero attached hydrogens (tertiary/aromatic N) is 1. The Morgan fingerprint density at radius 2 is 2.33 bits per heavy atom. The Labute approximate surface area is 74.5 Å². The number of aromatic nitrogens is 2. The summed E-state index contributed by atoms with van der Waals surface area (Å²) in [6, 6.07) is 5.93. The van der Waals surface area contributed by atoms with Crippen molar-refractivity contribution >= 4 is 23.0 Å². The van der Waals surface area contributed by atoms with Gasteiger partial charge in [-0.25, -0.2) is 4.98 Å². The van der Waals surface area contributed by atoms with Crippen LogP contribution in [0.25, 0.3) is 11.0 Å². The number of hydrogen-bond acceptors (Lipinski definition) is 3. The highest BCUT2D eigenvalue weighted by molar-refractivity contribution is 7.97. The maximum Gasteiger partial charge on any atom is 0.104 e. The van der Waals surface area contributed by atoms with Crippen molar-refractivity contribution in [2.75, 3.05) is 0 Å². The zero-order valence-electron chi connectivity index (χ0n) is 6.66. The van der Waals surface area contributed by atoms with Crippen molar-refractivity contribution in [3.8, 4) is 0 Å². The van der Waals surface area contributed by atoms with Gasteiger partial charge in [0.1, 0.15) is 5.82 Å². The van der Waals surface area contributed by atoms with E-state index in [9.17, 15) is 0 Å². The van der Waals surface area contributed by atoms with Crippen molar-refractivity contribution in [3.63, 3.8) is 0 Å². The summed E-state index contributed by atoms with van der Waals surface area (Å²) >= 11 is 1.25. The molecule has 2 rings (SSSR count). The highest BCUT2D eigenvalue weighted by Gasteiger charge is 1.99. The molecule has 62 valence electrons. The third kappa shape index (κ3) is 1.19. The molecular formula is C8H9N3S. The summed E-state index contributed by atoms with van der Waals surface area (Å²) in [4.78, 5) is 8.48. The molecule has 1 aromatic heterocycles. The quantitative estimate of drug-likeness (QED) is 0.657. The molecule has 12 heavy (non-hydrogen) atoms. The molecule has 0 spiro atoms. The zero-order chi connectivity index (χ0) is 8.55. The number of aryl methyl sites for hydroxylation is 1. The molecule has 0 fully saturated rings. The first-order chi connectivity index (χ1) is 5.79. The van der Waals surface area contributed by atoms with Crippen LogP contribution in [-0.2, 0) is 0 Å². The molecular weight excluding hydrogens is 170 g/mol. The highest BCUT2D eigenvalue weighted by Crippen LogP contribution is 2.18. The SMILES string of the molecule is Cc1nc2ccc(SN)cc2[nH]1. The normalized spacial score (nSPS) is 10.8. The third-order valence-electron chi connectivity index (χ3n) is 1.71. The standard InChI is InChI=1S/C8H9N3S/c1-5-10-7-3-2-6(12-9)4-8(7)11-5/h2-4H,9H2,1H3,(H,10,11). The number of H-pyrrole nitrogens is 1. The first-order valence-electron chi connectivity index (χ1n) is 3.63. The van der Waals surface area contributed by atoms with Crippen LogP contribution in [0.3, 0.4) is 0 Å². The molecule has 3 N–H and O–H groups in total. The highest BCUT2D eigenvalue weighted by atomic mass is 32.2. The summed E-state index contributed by atoms with van der Waals surface area (Å²) in [5.74, 6) is 0.934. The molecule has 0 atom stereocenters. The monoisotopic (exact) mass is 179 g/mol. The molecule has 3 nitrogen and oxygen atoms in total. The summed E-state index contributed by atoms with van der Waals surface area (Å²) in [6.07, 6.45) is 0. The summed E-state index contributed by atoms with van der Waals surface area (Å²) in [5.41, 5.74) is 2.04. The molecule has 0 aliphatic heterocycles. The molecule has 0 unspecified atom stereocenters. The lowest BCUT2D eigenvalue weighted by molar-refractivity contribution is 1.17. The topological polar surface area (TPSA) is 54.7 Å². The molecule has 2 aromatic rings. The minimum atomic E-state index is 0.934. The van der Waals surface area contributed by atoms with Crippen molar-refractivity contribution in [1.82, 2.24) is 9.97 Å². The predicted octanol–water partition coefficient (Wildman–Crippen LogP) is 1.84. The minimum absolute atomic E-state index is 0.934. The molecule has 0 aliphatic rings. The van der Waals surface area contributed by atoms with Gasteiger partial charge >= 0.3 is 0 Å². The van der Waals surface area contributed by atoms with Gasteiger partial charge in [-0.05, 0) is 37.1 Å². The summed E-state index contributed by atoms with van der Waals surface area (Å²) in [5, 5.41) is 5.43. The lowest BCUT2D eigenvalue weighted by Crippen LogP contribution is -1.78. The first kappa shape index (κ1) is 7.64. The number of nitrogens with two attached hydrogens (primary N) is 1. The Morgan fingerprint density at radius 3 is 3.08 bits per heavy atom. The Morgan fingerprint density at radius 1 is 1.50 bits per heavy atom. The fourth-order valence-electron chi connectivity index (χ4n) is 1.19. The average Bonchev–Trinajstić information content (AvgIpc) is 2.43. The molecule has 0 amide bonds. The van der Waals surface area contributed by atoms with Crippen LogP contribution in [0.4, 0.5) is 0 Å². The van der Waals surface area contributed by atoms with Crippen molar-refractivity contribution in [2.45, 2.75) is 11.8 Å². The molecule has 1 heterocycles. The maximum absolute atomic E-state index is 5.43. The van der Waals surface area contributed by atoms with Crippen LogP contribution >= 0.6 is 11.9 Å². The van der Waals surface area contributed by atoms with Crippen LogP contribution in [0, 0.1) is 6.92 Å². The summed E-state index contributed by atoms with van der Waals surface area (Å²) in [7, 11) is 0. The molecule has 0 bridgehead atoms. The average molecular weight is 179 g/mol.